The normalized spacial score (nSPS) is 14.2. The molecule has 2 amide bonds. The topological polar surface area (TPSA) is 90.2 Å². The Morgan fingerprint density at radius 3 is 2.44 bits per heavy atom. The number of carbonyl (C=O) groups is 2. The molecule has 0 atom stereocenters. The van der Waals surface area contributed by atoms with Gasteiger partial charge in [-0.3, -0.25) is 0 Å². The Bertz CT molecular complexity index is 1180. The smallest absolute Gasteiger partial charge is 0.415 e. The van der Waals surface area contributed by atoms with Crippen molar-refractivity contribution in [3.8, 4) is 16.9 Å². The zero-order valence-corrected chi connectivity index (χ0v) is 20.1. The quantitative estimate of drug-likeness (QED) is 0.515. The van der Waals surface area contributed by atoms with Gasteiger partial charge in [0.15, 0.2) is 5.58 Å². The van der Waals surface area contributed by atoms with Crippen LogP contribution in [-0.2, 0) is 16.0 Å². The molecule has 1 N–H and O–H groups in total. The number of benzene rings is 2. The molecule has 2 aromatic carbocycles. The first-order chi connectivity index (χ1) is 16.2. The number of morpholine rings is 1. The van der Waals surface area contributed by atoms with E-state index in [9.17, 15) is 9.59 Å². The first-order valence-electron chi connectivity index (χ1n) is 11.0. The van der Waals surface area contributed by atoms with Crippen LogP contribution in [0.4, 0.5) is 9.59 Å². The van der Waals surface area contributed by atoms with E-state index in [2.05, 4.69) is 5.32 Å². The lowest BCUT2D eigenvalue weighted by atomic mass is 10.0. The van der Waals surface area contributed by atoms with Crippen LogP contribution in [0.5, 0.6) is 5.75 Å². The maximum Gasteiger partial charge on any atom is 0.415 e. The number of rotatable bonds is 4. The van der Waals surface area contributed by atoms with Crippen LogP contribution in [0, 0.1) is 0 Å². The standard InChI is InChI=1S/C25H27ClN2O6/c1-25(2,3)34-23(29)27-15-20-13-18-12-17(14-21(26)22(18)32-20)16-4-6-19(7-5-16)33-24(30)28-8-10-31-11-9-28/h4-7,12-14H,8-11,15H2,1-3H3,(H,27,29). The molecular weight excluding hydrogens is 460 g/mol. The van der Waals surface area contributed by atoms with Gasteiger partial charge in [0.1, 0.15) is 17.1 Å². The first kappa shape index (κ1) is 23.9. The number of halogens is 1. The number of hydrogen-bond donors (Lipinski definition) is 1. The molecule has 4 rings (SSSR count). The molecule has 1 aliphatic rings. The molecule has 34 heavy (non-hydrogen) atoms. The third kappa shape index (κ3) is 6.01. The summed E-state index contributed by atoms with van der Waals surface area (Å²) >= 11 is 6.47. The van der Waals surface area contributed by atoms with E-state index in [0.29, 0.717) is 48.4 Å². The lowest BCUT2D eigenvalue weighted by molar-refractivity contribution is 0.0416. The van der Waals surface area contributed by atoms with Crippen LogP contribution >= 0.6 is 11.6 Å². The third-order valence-corrected chi connectivity index (χ3v) is 5.37. The lowest BCUT2D eigenvalue weighted by Crippen LogP contribution is -2.42. The van der Waals surface area contributed by atoms with Crippen molar-refractivity contribution < 1.29 is 28.2 Å². The number of ether oxygens (including phenoxy) is 3. The fourth-order valence-electron chi connectivity index (χ4n) is 3.52. The Morgan fingerprint density at radius 1 is 1.06 bits per heavy atom. The summed E-state index contributed by atoms with van der Waals surface area (Å²) in [7, 11) is 0. The van der Waals surface area contributed by atoms with Gasteiger partial charge in [-0.1, -0.05) is 23.7 Å². The lowest BCUT2D eigenvalue weighted by Gasteiger charge is -2.25. The summed E-state index contributed by atoms with van der Waals surface area (Å²) in [5.74, 6) is 1.02. The molecule has 1 saturated heterocycles. The highest BCUT2D eigenvalue weighted by Gasteiger charge is 2.19. The monoisotopic (exact) mass is 486 g/mol. The number of alkyl carbamates (subject to hydrolysis) is 1. The minimum Gasteiger partial charge on any atom is -0.458 e. The van der Waals surface area contributed by atoms with Crippen LogP contribution in [0.15, 0.2) is 46.9 Å². The van der Waals surface area contributed by atoms with Crippen LogP contribution in [0.2, 0.25) is 5.02 Å². The molecule has 0 unspecified atom stereocenters. The molecule has 1 fully saturated rings. The second kappa shape index (κ2) is 9.95. The summed E-state index contributed by atoms with van der Waals surface area (Å²) in [5, 5.41) is 3.95. The van der Waals surface area contributed by atoms with Gasteiger partial charge in [0.2, 0.25) is 0 Å². The fourth-order valence-corrected chi connectivity index (χ4v) is 3.78. The van der Waals surface area contributed by atoms with E-state index in [1.807, 2.05) is 30.3 Å². The van der Waals surface area contributed by atoms with E-state index in [0.717, 1.165) is 16.5 Å². The summed E-state index contributed by atoms with van der Waals surface area (Å²) in [6, 6.07) is 12.8. The van der Waals surface area contributed by atoms with E-state index in [4.69, 9.17) is 30.2 Å². The minimum atomic E-state index is -0.577. The summed E-state index contributed by atoms with van der Waals surface area (Å²) in [6.07, 6.45) is -0.902. The SMILES string of the molecule is CC(C)(C)OC(=O)NCc1cc2cc(-c3ccc(OC(=O)N4CCOCC4)cc3)cc(Cl)c2o1. The molecule has 0 spiro atoms. The maximum atomic E-state index is 12.3. The van der Waals surface area contributed by atoms with Gasteiger partial charge in [-0.25, -0.2) is 9.59 Å². The number of fused-ring (bicyclic) bond motifs is 1. The van der Waals surface area contributed by atoms with Gasteiger partial charge in [0, 0.05) is 18.5 Å². The number of furan rings is 1. The fraction of sp³-hybridized carbons (Fsp3) is 0.360. The number of amides is 2. The number of nitrogens with zero attached hydrogens (tertiary/aromatic N) is 1. The van der Waals surface area contributed by atoms with Crippen molar-refractivity contribution in [2.24, 2.45) is 0 Å². The van der Waals surface area contributed by atoms with Crippen LogP contribution in [0.25, 0.3) is 22.1 Å². The molecule has 0 saturated carbocycles. The molecule has 1 aliphatic heterocycles. The highest BCUT2D eigenvalue weighted by atomic mass is 35.5. The Balaban J connectivity index is 1.44. The summed E-state index contributed by atoms with van der Waals surface area (Å²) in [5.41, 5.74) is 1.76. The third-order valence-electron chi connectivity index (χ3n) is 5.09. The van der Waals surface area contributed by atoms with Gasteiger partial charge in [-0.15, -0.1) is 0 Å². The zero-order valence-electron chi connectivity index (χ0n) is 19.4. The maximum absolute atomic E-state index is 12.3. The molecule has 0 radical (unpaired) electrons. The van der Waals surface area contributed by atoms with Gasteiger partial charge in [-0.2, -0.15) is 0 Å². The van der Waals surface area contributed by atoms with E-state index in [-0.39, 0.29) is 12.6 Å². The number of hydrogen-bond acceptors (Lipinski definition) is 6. The number of nitrogens with one attached hydrogen (secondary N) is 1. The molecule has 180 valence electrons. The van der Waals surface area contributed by atoms with Crippen LogP contribution in [0.1, 0.15) is 26.5 Å². The van der Waals surface area contributed by atoms with Crippen molar-refractivity contribution in [2.45, 2.75) is 32.9 Å². The Kier molecular flexibility index (Phi) is 7.00. The highest BCUT2D eigenvalue weighted by molar-refractivity contribution is 6.35. The van der Waals surface area contributed by atoms with Gasteiger partial charge < -0.3 is 28.8 Å². The van der Waals surface area contributed by atoms with Crippen molar-refractivity contribution in [2.75, 3.05) is 26.3 Å². The predicted molar refractivity (Wildman–Crippen MR) is 128 cm³/mol. The molecule has 0 aliphatic carbocycles. The van der Waals surface area contributed by atoms with Gasteiger partial charge in [0.05, 0.1) is 24.8 Å². The van der Waals surface area contributed by atoms with Crippen LogP contribution in [-0.4, -0.2) is 49.0 Å². The van der Waals surface area contributed by atoms with Gasteiger partial charge >= 0.3 is 12.2 Å². The van der Waals surface area contributed by atoms with E-state index in [1.165, 1.54) is 0 Å². The second-order valence-electron chi connectivity index (χ2n) is 8.94. The van der Waals surface area contributed by atoms with Gasteiger partial charge in [-0.05, 0) is 62.2 Å². The average molecular weight is 487 g/mol. The number of carbonyl (C=O) groups excluding carboxylic acids is 2. The zero-order chi connectivity index (χ0) is 24.3. The van der Waals surface area contributed by atoms with Gasteiger partial charge in [0.25, 0.3) is 0 Å². The van der Waals surface area contributed by atoms with Crippen molar-refractivity contribution in [1.82, 2.24) is 10.2 Å². The van der Waals surface area contributed by atoms with E-state index >= 15 is 0 Å². The van der Waals surface area contributed by atoms with Crippen molar-refractivity contribution in [3.63, 3.8) is 0 Å². The second-order valence-corrected chi connectivity index (χ2v) is 9.34. The Hall–Kier alpha value is -3.23. The van der Waals surface area contributed by atoms with E-state index in [1.54, 1.807) is 37.8 Å². The molecule has 1 aromatic heterocycles. The largest absolute Gasteiger partial charge is 0.458 e. The summed E-state index contributed by atoms with van der Waals surface area (Å²) in [4.78, 5) is 25.8. The van der Waals surface area contributed by atoms with Crippen molar-refractivity contribution in [1.29, 1.82) is 0 Å². The van der Waals surface area contributed by atoms with Crippen LogP contribution < -0.4 is 10.1 Å². The van der Waals surface area contributed by atoms with Crippen molar-refractivity contribution in [3.05, 3.63) is 53.2 Å². The van der Waals surface area contributed by atoms with Crippen LogP contribution in [0.3, 0.4) is 0 Å². The summed E-state index contributed by atoms with van der Waals surface area (Å²) < 4.78 is 21.8. The molecule has 9 heteroatoms. The Morgan fingerprint density at radius 2 is 1.76 bits per heavy atom. The molecule has 0 bridgehead atoms. The van der Waals surface area contributed by atoms with Crippen molar-refractivity contribution >= 4 is 34.8 Å². The highest BCUT2D eigenvalue weighted by Crippen LogP contribution is 2.33. The molecule has 3 aromatic rings. The first-order valence-corrected chi connectivity index (χ1v) is 11.4. The Labute approximate surface area is 202 Å². The average Bonchev–Trinajstić information content (AvgIpc) is 3.21. The predicted octanol–water partition coefficient (Wildman–Crippen LogP) is 5.61. The minimum absolute atomic E-state index is 0.179. The summed E-state index contributed by atoms with van der Waals surface area (Å²) in [6.45, 7) is 7.67. The molecule has 2 heterocycles. The molecular formula is C25H27ClN2O6. The molecule has 8 nitrogen and oxygen atoms in total. The van der Waals surface area contributed by atoms with E-state index < -0.39 is 11.7 Å².